The third kappa shape index (κ3) is 3.26. The standard InChI is InChI=1S/C24H24N2O2/c1-3-19-13-17-9-8-12-22(18-14-21(28-4-2)16-25-15-18)23(17)24(27)26(19)20-10-6-5-7-11-20/h6,8-16H,3-5,7H2,1-2H3. The number of rotatable bonds is 5. The second-order valence-electron chi connectivity index (χ2n) is 6.85. The third-order valence-corrected chi connectivity index (χ3v) is 5.05. The lowest BCUT2D eigenvalue weighted by atomic mass is 9.99. The highest BCUT2D eigenvalue weighted by atomic mass is 16.5. The normalized spacial score (nSPS) is 13.6. The van der Waals surface area contributed by atoms with E-state index in [1.54, 1.807) is 12.4 Å². The largest absolute Gasteiger partial charge is 0.492 e. The summed E-state index contributed by atoms with van der Waals surface area (Å²) in [5, 5.41) is 1.67. The van der Waals surface area contributed by atoms with E-state index in [9.17, 15) is 4.79 Å². The van der Waals surface area contributed by atoms with E-state index in [1.807, 2.05) is 35.8 Å². The molecule has 0 spiro atoms. The number of nitrogens with zero attached hydrogens (tertiary/aromatic N) is 2. The van der Waals surface area contributed by atoms with Gasteiger partial charge in [0, 0.05) is 23.2 Å². The molecule has 1 aliphatic rings. The molecule has 0 aliphatic heterocycles. The Hall–Kier alpha value is -3.14. The Morgan fingerprint density at radius 1 is 1.14 bits per heavy atom. The maximum absolute atomic E-state index is 13.6. The van der Waals surface area contributed by atoms with Crippen molar-refractivity contribution in [2.75, 3.05) is 6.61 Å². The Labute approximate surface area is 164 Å². The minimum atomic E-state index is 0.0181. The van der Waals surface area contributed by atoms with E-state index in [4.69, 9.17) is 4.74 Å². The quantitative estimate of drug-likeness (QED) is 0.617. The number of benzene rings is 1. The van der Waals surface area contributed by atoms with Gasteiger partial charge in [0.1, 0.15) is 5.75 Å². The molecule has 28 heavy (non-hydrogen) atoms. The summed E-state index contributed by atoms with van der Waals surface area (Å²) in [6.07, 6.45) is 12.6. The Kier molecular flexibility index (Phi) is 5.11. The molecule has 0 fully saturated rings. The van der Waals surface area contributed by atoms with Gasteiger partial charge in [-0.1, -0.05) is 37.3 Å². The van der Waals surface area contributed by atoms with Gasteiger partial charge < -0.3 is 4.74 Å². The van der Waals surface area contributed by atoms with Crippen LogP contribution >= 0.6 is 0 Å². The van der Waals surface area contributed by atoms with Gasteiger partial charge in [0.25, 0.3) is 5.56 Å². The Bertz CT molecular complexity index is 1140. The summed E-state index contributed by atoms with van der Waals surface area (Å²) in [5.74, 6) is 0.709. The Morgan fingerprint density at radius 3 is 2.79 bits per heavy atom. The summed E-state index contributed by atoms with van der Waals surface area (Å²) in [6.45, 7) is 4.61. The predicted molar refractivity (Wildman–Crippen MR) is 115 cm³/mol. The highest BCUT2D eigenvalue weighted by molar-refractivity contribution is 5.96. The van der Waals surface area contributed by atoms with Crippen LogP contribution in [0.25, 0.3) is 27.6 Å². The van der Waals surface area contributed by atoms with Crippen molar-refractivity contribution in [1.82, 2.24) is 9.55 Å². The summed E-state index contributed by atoms with van der Waals surface area (Å²) in [4.78, 5) is 18.0. The van der Waals surface area contributed by atoms with Gasteiger partial charge in [0.2, 0.25) is 0 Å². The van der Waals surface area contributed by atoms with Crippen molar-refractivity contribution in [3.63, 3.8) is 0 Å². The number of aryl methyl sites for hydroxylation is 1. The van der Waals surface area contributed by atoms with Crippen LogP contribution in [0.3, 0.4) is 0 Å². The molecule has 0 radical (unpaired) electrons. The summed E-state index contributed by atoms with van der Waals surface area (Å²) < 4.78 is 7.46. The van der Waals surface area contributed by atoms with E-state index in [-0.39, 0.29) is 5.56 Å². The van der Waals surface area contributed by atoms with Crippen molar-refractivity contribution in [3.05, 3.63) is 77.0 Å². The molecule has 4 heteroatoms. The number of hydrogen-bond acceptors (Lipinski definition) is 3. The first-order chi connectivity index (χ1) is 13.7. The number of ether oxygens (including phenoxy) is 1. The minimum absolute atomic E-state index is 0.0181. The Morgan fingerprint density at radius 2 is 2.04 bits per heavy atom. The zero-order valence-electron chi connectivity index (χ0n) is 16.3. The number of aromatic nitrogens is 2. The van der Waals surface area contributed by atoms with Crippen molar-refractivity contribution >= 4 is 16.5 Å². The van der Waals surface area contributed by atoms with Crippen molar-refractivity contribution < 1.29 is 4.74 Å². The molecule has 0 amide bonds. The molecule has 1 aliphatic carbocycles. The summed E-state index contributed by atoms with van der Waals surface area (Å²) in [7, 11) is 0. The van der Waals surface area contributed by atoms with E-state index >= 15 is 0 Å². The van der Waals surface area contributed by atoms with Gasteiger partial charge in [-0.15, -0.1) is 0 Å². The third-order valence-electron chi connectivity index (χ3n) is 5.05. The zero-order chi connectivity index (χ0) is 19.5. The van der Waals surface area contributed by atoms with Crippen LogP contribution in [0.1, 0.15) is 32.4 Å². The van der Waals surface area contributed by atoms with Crippen molar-refractivity contribution in [2.24, 2.45) is 0 Å². The average Bonchev–Trinajstić information content (AvgIpc) is 2.74. The van der Waals surface area contributed by atoms with Crippen molar-refractivity contribution in [3.8, 4) is 16.9 Å². The molecule has 0 saturated carbocycles. The molecule has 4 nitrogen and oxygen atoms in total. The molecule has 1 aromatic carbocycles. The van der Waals surface area contributed by atoms with Crippen LogP contribution in [0.2, 0.25) is 0 Å². The summed E-state index contributed by atoms with van der Waals surface area (Å²) >= 11 is 0. The van der Waals surface area contributed by atoms with Gasteiger partial charge in [-0.3, -0.25) is 14.3 Å². The molecule has 0 N–H and O–H groups in total. The van der Waals surface area contributed by atoms with Crippen LogP contribution < -0.4 is 10.3 Å². The fourth-order valence-electron chi connectivity index (χ4n) is 3.78. The van der Waals surface area contributed by atoms with E-state index in [0.29, 0.717) is 12.4 Å². The fourth-order valence-corrected chi connectivity index (χ4v) is 3.78. The maximum atomic E-state index is 13.6. The SMILES string of the molecule is CCOc1cncc(-c2cccc3cc(CC)n(C4=CCCC=C4)c(=O)c23)c1. The van der Waals surface area contributed by atoms with E-state index < -0.39 is 0 Å². The second-order valence-corrected chi connectivity index (χ2v) is 6.85. The summed E-state index contributed by atoms with van der Waals surface area (Å²) in [6, 6.07) is 10.1. The first-order valence-corrected chi connectivity index (χ1v) is 9.86. The van der Waals surface area contributed by atoms with Gasteiger partial charge in [0.05, 0.1) is 18.2 Å². The minimum Gasteiger partial charge on any atom is -0.492 e. The van der Waals surface area contributed by atoms with Crippen molar-refractivity contribution in [2.45, 2.75) is 33.1 Å². The molecular weight excluding hydrogens is 348 g/mol. The first-order valence-electron chi connectivity index (χ1n) is 9.86. The highest BCUT2D eigenvalue weighted by Gasteiger charge is 2.15. The van der Waals surface area contributed by atoms with E-state index in [0.717, 1.165) is 52.6 Å². The molecule has 0 bridgehead atoms. The van der Waals surface area contributed by atoms with Crippen molar-refractivity contribution in [1.29, 1.82) is 0 Å². The average molecular weight is 372 g/mol. The highest BCUT2D eigenvalue weighted by Crippen LogP contribution is 2.29. The van der Waals surface area contributed by atoms with Crippen LogP contribution in [0.15, 0.2) is 65.7 Å². The number of fused-ring (bicyclic) bond motifs is 1. The lowest BCUT2D eigenvalue weighted by Crippen LogP contribution is -2.23. The molecule has 0 atom stereocenters. The number of pyridine rings is 2. The molecule has 0 saturated heterocycles. The van der Waals surface area contributed by atoms with Crippen LogP contribution in [-0.4, -0.2) is 16.2 Å². The monoisotopic (exact) mass is 372 g/mol. The second kappa shape index (κ2) is 7.85. The van der Waals surface area contributed by atoms with Crippen LogP contribution in [0.5, 0.6) is 5.75 Å². The number of allylic oxidation sites excluding steroid dienone is 4. The van der Waals surface area contributed by atoms with Crippen LogP contribution in [-0.2, 0) is 6.42 Å². The smallest absolute Gasteiger partial charge is 0.263 e. The lowest BCUT2D eigenvalue weighted by Gasteiger charge is -2.17. The first kappa shape index (κ1) is 18.2. The van der Waals surface area contributed by atoms with Gasteiger partial charge in [0.15, 0.2) is 0 Å². The molecular formula is C24H24N2O2. The molecule has 3 aromatic rings. The zero-order valence-corrected chi connectivity index (χ0v) is 16.3. The van der Waals surface area contributed by atoms with Crippen LogP contribution in [0, 0.1) is 0 Å². The predicted octanol–water partition coefficient (Wildman–Crippen LogP) is 5.22. The fraction of sp³-hybridized carbons (Fsp3) is 0.250. The molecule has 2 aromatic heterocycles. The molecule has 4 rings (SSSR count). The maximum Gasteiger partial charge on any atom is 0.263 e. The van der Waals surface area contributed by atoms with Gasteiger partial charge in [-0.05, 0) is 55.3 Å². The molecule has 142 valence electrons. The van der Waals surface area contributed by atoms with Gasteiger partial charge >= 0.3 is 0 Å². The lowest BCUT2D eigenvalue weighted by molar-refractivity contribution is 0.339. The van der Waals surface area contributed by atoms with Gasteiger partial charge in [-0.25, -0.2) is 0 Å². The summed E-state index contributed by atoms with van der Waals surface area (Å²) in [5.41, 5.74) is 3.77. The topological polar surface area (TPSA) is 44.1 Å². The number of hydrogen-bond donors (Lipinski definition) is 0. The molecule has 0 unspecified atom stereocenters. The van der Waals surface area contributed by atoms with E-state index in [2.05, 4.69) is 36.2 Å². The van der Waals surface area contributed by atoms with Gasteiger partial charge in [-0.2, -0.15) is 0 Å². The van der Waals surface area contributed by atoms with Crippen LogP contribution in [0.4, 0.5) is 0 Å². The molecule has 2 heterocycles. The Balaban J connectivity index is 1.99. The van der Waals surface area contributed by atoms with E-state index in [1.165, 1.54) is 0 Å².